The number of likely N-dealkylation sites (tertiary alicyclic amines) is 1. The molecule has 0 aliphatic carbocycles. The van der Waals surface area contributed by atoms with Gasteiger partial charge in [0, 0.05) is 13.1 Å². The molecule has 22 heavy (non-hydrogen) atoms. The van der Waals surface area contributed by atoms with Crippen molar-refractivity contribution in [1.29, 1.82) is 0 Å². The Labute approximate surface area is 127 Å². The SMILES string of the molecule is C[C@@H](Oc1ccccc1C(F)(F)F)C(=O)N1CC[C@H](CN)C1. The van der Waals surface area contributed by atoms with Crippen LogP contribution in [0.5, 0.6) is 5.75 Å². The molecule has 2 N–H and O–H groups in total. The Morgan fingerprint density at radius 3 is 2.73 bits per heavy atom. The predicted molar refractivity (Wildman–Crippen MR) is 75.3 cm³/mol. The molecule has 1 fully saturated rings. The van der Waals surface area contributed by atoms with E-state index in [9.17, 15) is 18.0 Å². The second-order valence-corrected chi connectivity index (χ2v) is 5.43. The van der Waals surface area contributed by atoms with Gasteiger partial charge in [-0.3, -0.25) is 4.79 Å². The molecule has 2 rings (SSSR count). The molecule has 122 valence electrons. The number of para-hydroxylation sites is 1. The lowest BCUT2D eigenvalue weighted by Crippen LogP contribution is -2.39. The minimum absolute atomic E-state index is 0.249. The minimum atomic E-state index is -4.52. The van der Waals surface area contributed by atoms with Crippen molar-refractivity contribution in [2.24, 2.45) is 11.7 Å². The molecule has 2 atom stereocenters. The number of hydrogen-bond acceptors (Lipinski definition) is 3. The first-order chi connectivity index (χ1) is 10.3. The van der Waals surface area contributed by atoms with Gasteiger partial charge in [0.15, 0.2) is 6.10 Å². The maximum Gasteiger partial charge on any atom is 0.419 e. The highest BCUT2D eigenvalue weighted by molar-refractivity contribution is 5.81. The summed E-state index contributed by atoms with van der Waals surface area (Å²) < 4.78 is 44.0. The molecule has 0 bridgehead atoms. The number of carbonyl (C=O) groups is 1. The lowest BCUT2D eigenvalue weighted by Gasteiger charge is -2.23. The van der Waals surface area contributed by atoms with Gasteiger partial charge in [-0.1, -0.05) is 12.1 Å². The summed E-state index contributed by atoms with van der Waals surface area (Å²) in [5.74, 6) is -0.392. The topological polar surface area (TPSA) is 55.6 Å². The van der Waals surface area contributed by atoms with E-state index in [0.717, 1.165) is 12.5 Å². The second kappa shape index (κ2) is 6.56. The summed E-state index contributed by atoms with van der Waals surface area (Å²) in [5.41, 5.74) is 4.69. The molecule has 7 heteroatoms. The van der Waals surface area contributed by atoms with Crippen LogP contribution in [-0.2, 0) is 11.0 Å². The molecule has 0 radical (unpaired) electrons. The zero-order chi connectivity index (χ0) is 16.3. The Hall–Kier alpha value is -1.76. The van der Waals surface area contributed by atoms with Crippen LogP contribution in [0.15, 0.2) is 24.3 Å². The number of amides is 1. The van der Waals surface area contributed by atoms with E-state index in [1.807, 2.05) is 0 Å². The van der Waals surface area contributed by atoms with E-state index in [4.69, 9.17) is 10.5 Å². The fourth-order valence-electron chi connectivity index (χ4n) is 2.53. The summed E-state index contributed by atoms with van der Waals surface area (Å²) in [4.78, 5) is 13.8. The molecule has 1 aliphatic rings. The maximum absolute atomic E-state index is 12.9. The van der Waals surface area contributed by atoms with Crippen molar-refractivity contribution in [3.05, 3.63) is 29.8 Å². The van der Waals surface area contributed by atoms with Crippen LogP contribution in [0.25, 0.3) is 0 Å². The third-order valence-electron chi connectivity index (χ3n) is 3.77. The number of rotatable bonds is 4. The lowest BCUT2D eigenvalue weighted by molar-refractivity contribution is -0.143. The molecule has 0 unspecified atom stereocenters. The summed E-state index contributed by atoms with van der Waals surface area (Å²) in [6, 6.07) is 4.89. The van der Waals surface area contributed by atoms with E-state index in [1.54, 1.807) is 4.90 Å². The Bertz CT molecular complexity index is 534. The van der Waals surface area contributed by atoms with Crippen molar-refractivity contribution in [2.45, 2.75) is 25.6 Å². The third kappa shape index (κ3) is 3.71. The minimum Gasteiger partial charge on any atom is -0.480 e. The van der Waals surface area contributed by atoms with Crippen molar-refractivity contribution in [1.82, 2.24) is 4.90 Å². The molecule has 1 saturated heterocycles. The van der Waals surface area contributed by atoms with Gasteiger partial charge in [-0.15, -0.1) is 0 Å². The van der Waals surface area contributed by atoms with Gasteiger partial charge in [-0.05, 0) is 37.9 Å². The molecule has 4 nitrogen and oxygen atoms in total. The van der Waals surface area contributed by atoms with Gasteiger partial charge in [0.2, 0.25) is 0 Å². The fraction of sp³-hybridized carbons (Fsp3) is 0.533. The van der Waals surface area contributed by atoms with Gasteiger partial charge in [-0.2, -0.15) is 13.2 Å². The van der Waals surface area contributed by atoms with Crippen LogP contribution in [0.3, 0.4) is 0 Å². The number of ether oxygens (including phenoxy) is 1. The average molecular weight is 316 g/mol. The number of nitrogens with zero attached hydrogens (tertiary/aromatic N) is 1. The zero-order valence-corrected chi connectivity index (χ0v) is 12.3. The van der Waals surface area contributed by atoms with Crippen LogP contribution in [0, 0.1) is 5.92 Å². The summed E-state index contributed by atoms with van der Waals surface area (Å²) in [6.45, 7) is 3.06. The summed E-state index contributed by atoms with van der Waals surface area (Å²) in [7, 11) is 0. The number of carbonyl (C=O) groups excluding carboxylic acids is 1. The van der Waals surface area contributed by atoms with Crippen molar-refractivity contribution in [3.63, 3.8) is 0 Å². The van der Waals surface area contributed by atoms with Crippen LogP contribution >= 0.6 is 0 Å². The molecule has 0 spiro atoms. The Morgan fingerprint density at radius 2 is 2.14 bits per heavy atom. The molecule has 1 aliphatic heterocycles. The Morgan fingerprint density at radius 1 is 1.45 bits per heavy atom. The van der Waals surface area contributed by atoms with E-state index in [2.05, 4.69) is 0 Å². The number of hydrogen-bond donors (Lipinski definition) is 1. The maximum atomic E-state index is 12.9. The smallest absolute Gasteiger partial charge is 0.419 e. The second-order valence-electron chi connectivity index (χ2n) is 5.43. The first-order valence-electron chi connectivity index (χ1n) is 7.14. The predicted octanol–water partition coefficient (Wildman–Crippen LogP) is 2.28. The van der Waals surface area contributed by atoms with Crippen LogP contribution in [0.2, 0.25) is 0 Å². The molecule has 0 saturated carbocycles. The van der Waals surface area contributed by atoms with Gasteiger partial charge in [0.25, 0.3) is 5.91 Å². The van der Waals surface area contributed by atoms with Crippen LogP contribution in [0.1, 0.15) is 18.9 Å². The van der Waals surface area contributed by atoms with Gasteiger partial charge in [0.05, 0.1) is 5.56 Å². The number of halogens is 3. The molecule has 1 aromatic rings. The van der Waals surface area contributed by atoms with Crippen molar-refractivity contribution >= 4 is 5.91 Å². The van der Waals surface area contributed by atoms with Gasteiger partial charge >= 0.3 is 6.18 Å². The van der Waals surface area contributed by atoms with E-state index in [1.165, 1.54) is 25.1 Å². The highest BCUT2D eigenvalue weighted by Gasteiger charge is 2.35. The highest BCUT2D eigenvalue weighted by Crippen LogP contribution is 2.36. The molecule has 1 amide bonds. The number of alkyl halides is 3. The largest absolute Gasteiger partial charge is 0.480 e. The molecule has 1 aromatic carbocycles. The van der Waals surface area contributed by atoms with Crippen LogP contribution < -0.4 is 10.5 Å². The monoisotopic (exact) mass is 316 g/mol. The average Bonchev–Trinajstić information content (AvgIpc) is 2.94. The van der Waals surface area contributed by atoms with Crippen LogP contribution in [-0.4, -0.2) is 36.5 Å². The van der Waals surface area contributed by atoms with Crippen molar-refractivity contribution in [3.8, 4) is 5.75 Å². The van der Waals surface area contributed by atoms with E-state index in [0.29, 0.717) is 19.6 Å². The van der Waals surface area contributed by atoms with Gasteiger partial charge < -0.3 is 15.4 Å². The number of nitrogens with two attached hydrogens (primary N) is 1. The fourth-order valence-corrected chi connectivity index (χ4v) is 2.53. The van der Waals surface area contributed by atoms with Crippen molar-refractivity contribution in [2.75, 3.05) is 19.6 Å². The molecular weight excluding hydrogens is 297 g/mol. The lowest BCUT2D eigenvalue weighted by atomic mass is 10.1. The Balaban J connectivity index is 2.06. The van der Waals surface area contributed by atoms with Gasteiger partial charge in [0.1, 0.15) is 5.75 Å². The van der Waals surface area contributed by atoms with Crippen molar-refractivity contribution < 1.29 is 22.7 Å². The van der Waals surface area contributed by atoms with E-state index >= 15 is 0 Å². The summed E-state index contributed by atoms with van der Waals surface area (Å²) >= 11 is 0. The first kappa shape index (κ1) is 16.6. The highest BCUT2D eigenvalue weighted by atomic mass is 19.4. The van der Waals surface area contributed by atoms with Gasteiger partial charge in [-0.25, -0.2) is 0 Å². The first-order valence-corrected chi connectivity index (χ1v) is 7.14. The molecule has 1 heterocycles. The zero-order valence-electron chi connectivity index (χ0n) is 12.3. The van der Waals surface area contributed by atoms with E-state index < -0.39 is 17.8 Å². The number of benzene rings is 1. The summed E-state index contributed by atoms with van der Waals surface area (Å²) in [5, 5.41) is 0. The van der Waals surface area contributed by atoms with Crippen LogP contribution in [0.4, 0.5) is 13.2 Å². The molecular formula is C15H19F3N2O2. The quantitative estimate of drug-likeness (QED) is 0.927. The summed E-state index contributed by atoms with van der Waals surface area (Å²) in [6.07, 6.45) is -4.67. The van der Waals surface area contributed by atoms with E-state index in [-0.39, 0.29) is 17.6 Å². The third-order valence-corrected chi connectivity index (χ3v) is 3.77. The normalized spacial score (nSPS) is 20.0. The Kier molecular flexibility index (Phi) is 4.95. The standard InChI is InChI=1S/C15H19F3N2O2/c1-10(14(21)20-7-6-11(8-19)9-20)22-13-5-3-2-4-12(13)15(16,17)18/h2-5,10-11H,6-9,19H2,1H3/t10-,11-/m1/s1. The molecule has 0 aromatic heterocycles.